The van der Waals surface area contributed by atoms with Gasteiger partial charge in [0.05, 0.1) is 17.7 Å². The van der Waals surface area contributed by atoms with E-state index >= 15 is 0 Å². The molecule has 1 aromatic heterocycles. The van der Waals surface area contributed by atoms with E-state index in [9.17, 15) is 4.79 Å². The van der Waals surface area contributed by atoms with Crippen LogP contribution in [0.3, 0.4) is 0 Å². The highest BCUT2D eigenvalue weighted by molar-refractivity contribution is 8.13. The molecule has 0 saturated carbocycles. The number of hydrogen-bond acceptors (Lipinski definition) is 5. The molecule has 0 aliphatic heterocycles. The Hall–Kier alpha value is -1.08. The van der Waals surface area contributed by atoms with E-state index in [4.69, 9.17) is 11.1 Å². The van der Waals surface area contributed by atoms with Crippen LogP contribution in [0.25, 0.3) is 0 Å². The number of nitrogens with two attached hydrogens (primary N) is 1. The van der Waals surface area contributed by atoms with Gasteiger partial charge in [-0.1, -0.05) is 11.8 Å². The summed E-state index contributed by atoms with van der Waals surface area (Å²) in [6, 6.07) is 0. The van der Waals surface area contributed by atoms with Gasteiger partial charge < -0.3 is 11.1 Å². The topological polar surface area (TPSA) is 91.9 Å². The van der Waals surface area contributed by atoms with E-state index in [1.54, 1.807) is 11.3 Å². The largest absolute Gasteiger partial charge is 0.370 e. The standard InChI is InChI=1S/C9H14N4OS2/c1-6-7(16-5-13-6)2-3-15-8(14)4-12-9(10)11/h5H,2-4H2,1H3,(H4,10,11,12). The van der Waals surface area contributed by atoms with Crippen LogP contribution in [0.1, 0.15) is 10.6 Å². The summed E-state index contributed by atoms with van der Waals surface area (Å²) >= 11 is 2.86. The van der Waals surface area contributed by atoms with Gasteiger partial charge in [0.2, 0.25) is 5.12 Å². The normalized spacial score (nSPS) is 10.1. The summed E-state index contributed by atoms with van der Waals surface area (Å²) in [5.74, 6) is 0.564. The Balaban J connectivity index is 2.18. The number of carbonyl (C=O) groups is 1. The molecule has 0 aliphatic rings. The predicted molar refractivity (Wildman–Crippen MR) is 67.9 cm³/mol. The van der Waals surface area contributed by atoms with Crippen LogP contribution >= 0.6 is 23.1 Å². The third-order valence-corrected chi connectivity index (χ3v) is 3.73. The molecule has 1 aromatic rings. The molecule has 1 rings (SSSR count). The maximum Gasteiger partial charge on any atom is 0.208 e. The van der Waals surface area contributed by atoms with E-state index in [2.05, 4.69) is 10.3 Å². The molecule has 0 spiro atoms. The molecule has 16 heavy (non-hydrogen) atoms. The zero-order valence-electron chi connectivity index (χ0n) is 8.95. The van der Waals surface area contributed by atoms with Crippen molar-refractivity contribution in [3.8, 4) is 0 Å². The molecule has 0 unspecified atom stereocenters. The summed E-state index contributed by atoms with van der Waals surface area (Å²) in [5.41, 5.74) is 7.93. The monoisotopic (exact) mass is 258 g/mol. The molecular formula is C9H14N4OS2. The molecule has 5 nitrogen and oxygen atoms in total. The Bertz CT molecular complexity index is 377. The van der Waals surface area contributed by atoms with Gasteiger partial charge in [0.15, 0.2) is 5.96 Å². The summed E-state index contributed by atoms with van der Waals surface area (Å²) in [5, 5.41) is 9.38. The van der Waals surface area contributed by atoms with E-state index in [1.807, 2.05) is 12.4 Å². The van der Waals surface area contributed by atoms with Crippen molar-refractivity contribution >= 4 is 34.2 Å². The number of nitrogens with zero attached hydrogens (tertiary/aromatic N) is 1. The minimum atomic E-state index is -0.174. The summed E-state index contributed by atoms with van der Waals surface area (Å²) < 4.78 is 0. The van der Waals surface area contributed by atoms with Crippen LogP contribution in [0, 0.1) is 12.3 Å². The van der Waals surface area contributed by atoms with Gasteiger partial charge in [0, 0.05) is 10.6 Å². The van der Waals surface area contributed by atoms with Crippen molar-refractivity contribution in [2.45, 2.75) is 13.3 Å². The lowest BCUT2D eigenvalue weighted by Gasteiger charge is -2.02. The second kappa shape index (κ2) is 6.49. The van der Waals surface area contributed by atoms with Crippen molar-refractivity contribution in [2.75, 3.05) is 12.3 Å². The molecule has 88 valence electrons. The summed E-state index contributed by atoms with van der Waals surface area (Å²) in [6.45, 7) is 2.08. The first kappa shape index (κ1) is 13.0. The summed E-state index contributed by atoms with van der Waals surface area (Å²) in [7, 11) is 0. The highest BCUT2D eigenvalue weighted by Gasteiger charge is 2.05. The lowest BCUT2D eigenvalue weighted by molar-refractivity contribution is -0.110. The Morgan fingerprint density at radius 2 is 2.50 bits per heavy atom. The minimum Gasteiger partial charge on any atom is -0.370 e. The average molecular weight is 258 g/mol. The SMILES string of the molecule is Cc1ncsc1CCSC(=O)CNC(=N)N. The number of thioether (sulfide) groups is 1. The summed E-state index contributed by atoms with van der Waals surface area (Å²) in [6.07, 6.45) is 0.854. The number of guanidine groups is 1. The highest BCUT2D eigenvalue weighted by Crippen LogP contribution is 2.15. The van der Waals surface area contributed by atoms with E-state index in [1.165, 1.54) is 16.6 Å². The molecule has 0 aromatic carbocycles. The third-order valence-electron chi connectivity index (χ3n) is 1.86. The van der Waals surface area contributed by atoms with Crippen molar-refractivity contribution in [1.29, 1.82) is 5.41 Å². The minimum absolute atomic E-state index is 0.00244. The Labute approximate surface area is 102 Å². The number of thiazole rings is 1. The quantitative estimate of drug-likeness (QED) is 0.535. The fourth-order valence-electron chi connectivity index (χ4n) is 1.04. The first-order valence-electron chi connectivity index (χ1n) is 4.72. The molecule has 0 radical (unpaired) electrons. The average Bonchev–Trinajstić information content (AvgIpc) is 2.61. The van der Waals surface area contributed by atoms with Gasteiger partial charge in [-0.3, -0.25) is 10.2 Å². The number of carbonyl (C=O) groups excluding carboxylic acids is 1. The van der Waals surface area contributed by atoms with Crippen LogP contribution in [0.5, 0.6) is 0 Å². The van der Waals surface area contributed by atoms with Crippen LogP contribution < -0.4 is 11.1 Å². The highest BCUT2D eigenvalue weighted by atomic mass is 32.2. The zero-order chi connectivity index (χ0) is 12.0. The molecule has 0 fully saturated rings. The van der Waals surface area contributed by atoms with Gasteiger partial charge in [0.25, 0.3) is 0 Å². The molecular weight excluding hydrogens is 244 g/mol. The van der Waals surface area contributed by atoms with E-state index < -0.39 is 0 Å². The van der Waals surface area contributed by atoms with Gasteiger partial charge in [-0.2, -0.15) is 0 Å². The van der Waals surface area contributed by atoms with Gasteiger partial charge in [-0.25, -0.2) is 4.98 Å². The Morgan fingerprint density at radius 3 is 3.06 bits per heavy atom. The van der Waals surface area contributed by atoms with Crippen LogP contribution in [0.2, 0.25) is 0 Å². The first-order chi connectivity index (χ1) is 7.59. The smallest absolute Gasteiger partial charge is 0.208 e. The Kier molecular flexibility index (Phi) is 5.27. The predicted octanol–water partition coefficient (Wildman–Crippen LogP) is 0.737. The van der Waals surface area contributed by atoms with Gasteiger partial charge in [-0.15, -0.1) is 11.3 Å². The van der Waals surface area contributed by atoms with Gasteiger partial charge in [-0.05, 0) is 13.3 Å². The zero-order valence-corrected chi connectivity index (χ0v) is 10.6. The van der Waals surface area contributed by atoms with Crippen LogP contribution in [-0.4, -0.2) is 28.4 Å². The van der Waals surface area contributed by atoms with Crippen molar-refractivity contribution in [3.63, 3.8) is 0 Å². The van der Waals surface area contributed by atoms with Gasteiger partial charge in [0.1, 0.15) is 0 Å². The number of hydrogen-bond donors (Lipinski definition) is 3. The third kappa shape index (κ3) is 4.63. The van der Waals surface area contributed by atoms with E-state index in [-0.39, 0.29) is 17.6 Å². The number of aryl methyl sites for hydroxylation is 2. The van der Waals surface area contributed by atoms with E-state index in [0.29, 0.717) is 0 Å². The molecule has 0 saturated heterocycles. The molecule has 0 amide bonds. The maximum atomic E-state index is 11.3. The van der Waals surface area contributed by atoms with Crippen LogP contribution in [0.15, 0.2) is 5.51 Å². The lowest BCUT2D eigenvalue weighted by atomic mass is 10.3. The van der Waals surface area contributed by atoms with E-state index in [0.717, 1.165) is 17.9 Å². The van der Waals surface area contributed by atoms with Crippen molar-refractivity contribution < 1.29 is 4.79 Å². The molecule has 4 N–H and O–H groups in total. The maximum absolute atomic E-state index is 11.3. The fraction of sp³-hybridized carbons (Fsp3) is 0.444. The second-order valence-corrected chi connectivity index (χ2v) is 5.19. The number of nitrogens with one attached hydrogen (secondary N) is 2. The number of aromatic nitrogens is 1. The Morgan fingerprint density at radius 1 is 1.75 bits per heavy atom. The first-order valence-corrected chi connectivity index (χ1v) is 6.58. The molecule has 1 heterocycles. The molecule has 7 heteroatoms. The molecule has 0 bridgehead atoms. The number of rotatable bonds is 5. The fourth-order valence-corrected chi connectivity index (χ4v) is 2.66. The van der Waals surface area contributed by atoms with Crippen LogP contribution in [0.4, 0.5) is 0 Å². The lowest BCUT2D eigenvalue weighted by Crippen LogP contribution is -2.33. The van der Waals surface area contributed by atoms with Crippen LogP contribution in [-0.2, 0) is 11.2 Å². The van der Waals surface area contributed by atoms with Crippen molar-refractivity contribution in [3.05, 3.63) is 16.1 Å². The van der Waals surface area contributed by atoms with Gasteiger partial charge >= 0.3 is 0 Å². The second-order valence-electron chi connectivity index (χ2n) is 3.10. The van der Waals surface area contributed by atoms with Crippen molar-refractivity contribution in [1.82, 2.24) is 10.3 Å². The van der Waals surface area contributed by atoms with Crippen molar-refractivity contribution in [2.24, 2.45) is 5.73 Å². The summed E-state index contributed by atoms with van der Waals surface area (Å²) in [4.78, 5) is 16.7. The molecule has 0 aliphatic carbocycles. The molecule has 0 atom stereocenters.